The molecule has 0 aliphatic carbocycles. The molecule has 1 aromatic heterocycles. The van der Waals surface area contributed by atoms with Crippen molar-refractivity contribution in [3.63, 3.8) is 0 Å². The number of phenols is 1. The van der Waals surface area contributed by atoms with Gasteiger partial charge in [-0.05, 0) is 36.9 Å². The molecule has 0 bridgehead atoms. The zero-order chi connectivity index (χ0) is 17.4. The van der Waals surface area contributed by atoms with E-state index in [-0.39, 0.29) is 12.4 Å². The van der Waals surface area contributed by atoms with Crippen molar-refractivity contribution in [2.75, 3.05) is 6.61 Å². The molecule has 0 spiro atoms. The fourth-order valence-electron chi connectivity index (χ4n) is 1.87. The van der Waals surface area contributed by atoms with Crippen molar-refractivity contribution < 1.29 is 19.6 Å². The lowest BCUT2D eigenvalue weighted by molar-refractivity contribution is -0.148. The first-order chi connectivity index (χ1) is 11.6. The standard InChI is InChI=1S/C17H18N2O4S/c1-3-14(13-7-4-5-8-15(13)20)19-23-17(21)11-22-18-12(2)16-9-6-10-24-16/h4-10,20H,3,11H2,1-2H3/b18-12?,19-14+. The summed E-state index contributed by atoms with van der Waals surface area (Å²) in [6.45, 7) is 3.30. The smallest absolute Gasteiger partial charge is 0.374 e. The van der Waals surface area contributed by atoms with Gasteiger partial charge in [-0.25, -0.2) is 4.79 Å². The van der Waals surface area contributed by atoms with Gasteiger partial charge in [0.05, 0.1) is 16.3 Å². The lowest BCUT2D eigenvalue weighted by atomic mass is 10.1. The van der Waals surface area contributed by atoms with Gasteiger partial charge in [0.1, 0.15) is 5.75 Å². The number of phenolic OH excluding ortho intramolecular Hbond substituents is 1. The van der Waals surface area contributed by atoms with Crippen LogP contribution in [0, 0.1) is 0 Å². The van der Waals surface area contributed by atoms with E-state index in [0.29, 0.717) is 23.4 Å². The quantitative estimate of drug-likeness (QED) is 0.472. The molecule has 1 aromatic carbocycles. The normalized spacial score (nSPS) is 12.1. The van der Waals surface area contributed by atoms with Crippen LogP contribution in [0.15, 0.2) is 52.1 Å². The van der Waals surface area contributed by atoms with Crippen LogP contribution in [0.25, 0.3) is 0 Å². The summed E-state index contributed by atoms with van der Waals surface area (Å²) in [5.74, 6) is -0.583. The number of rotatable bonds is 7. The molecule has 0 saturated carbocycles. The van der Waals surface area contributed by atoms with Crippen LogP contribution in [0.3, 0.4) is 0 Å². The number of carbonyl (C=O) groups excluding carboxylic acids is 1. The van der Waals surface area contributed by atoms with Crippen LogP contribution in [0.5, 0.6) is 5.75 Å². The minimum absolute atomic E-state index is 0.0848. The zero-order valence-corrected chi connectivity index (χ0v) is 14.2. The van der Waals surface area contributed by atoms with Crippen LogP contribution in [0.2, 0.25) is 0 Å². The number of thiophene rings is 1. The predicted molar refractivity (Wildman–Crippen MR) is 93.5 cm³/mol. The molecule has 2 rings (SSSR count). The average molecular weight is 346 g/mol. The maximum atomic E-state index is 11.7. The summed E-state index contributed by atoms with van der Waals surface area (Å²) >= 11 is 1.53. The van der Waals surface area contributed by atoms with Gasteiger partial charge in [0.25, 0.3) is 0 Å². The Morgan fingerprint density at radius 1 is 1.21 bits per heavy atom. The molecule has 126 valence electrons. The Morgan fingerprint density at radius 3 is 2.67 bits per heavy atom. The lowest BCUT2D eigenvalue weighted by Crippen LogP contribution is -2.10. The number of para-hydroxylation sites is 1. The number of benzene rings is 1. The van der Waals surface area contributed by atoms with Crippen molar-refractivity contribution in [3.05, 3.63) is 52.2 Å². The third kappa shape index (κ3) is 4.92. The van der Waals surface area contributed by atoms with Crippen molar-refractivity contribution in [3.8, 4) is 5.75 Å². The molecule has 1 N–H and O–H groups in total. The lowest BCUT2D eigenvalue weighted by Gasteiger charge is -2.05. The Labute approximate surface area is 144 Å². The third-order valence-corrected chi connectivity index (χ3v) is 4.05. The van der Waals surface area contributed by atoms with Crippen LogP contribution >= 0.6 is 11.3 Å². The summed E-state index contributed by atoms with van der Waals surface area (Å²) in [4.78, 5) is 22.4. The fraction of sp³-hybridized carbons (Fsp3) is 0.235. The molecule has 1 heterocycles. The molecule has 0 aliphatic heterocycles. The number of carbonyl (C=O) groups is 1. The van der Waals surface area contributed by atoms with E-state index in [9.17, 15) is 9.90 Å². The summed E-state index contributed by atoms with van der Waals surface area (Å²) in [5, 5.41) is 19.4. The number of hydrogen-bond acceptors (Lipinski definition) is 7. The van der Waals surface area contributed by atoms with Gasteiger partial charge in [-0.2, -0.15) is 0 Å². The van der Waals surface area contributed by atoms with Crippen molar-refractivity contribution >= 4 is 28.7 Å². The molecule has 7 heteroatoms. The first-order valence-electron chi connectivity index (χ1n) is 7.37. The van der Waals surface area contributed by atoms with Gasteiger partial charge in [-0.15, -0.1) is 11.3 Å². The Kier molecular flexibility index (Phi) is 6.51. The summed E-state index contributed by atoms with van der Waals surface area (Å²) < 4.78 is 0. The van der Waals surface area contributed by atoms with E-state index in [0.717, 1.165) is 4.88 Å². The highest BCUT2D eigenvalue weighted by Gasteiger charge is 2.09. The van der Waals surface area contributed by atoms with Gasteiger partial charge in [0, 0.05) is 5.56 Å². The van der Waals surface area contributed by atoms with Crippen LogP contribution in [-0.2, 0) is 14.5 Å². The molecule has 0 unspecified atom stereocenters. The van der Waals surface area contributed by atoms with Crippen molar-refractivity contribution in [2.24, 2.45) is 10.3 Å². The first-order valence-corrected chi connectivity index (χ1v) is 8.25. The molecule has 0 saturated heterocycles. The molecular formula is C17H18N2O4S. The number of aromatic hydroxyl groups is 1. The van der Waals surface area contributed by atoms with Gasteiger partial charge in [-0.3, -0.25) is 0 Å². The van der Waals surface area contributed by atoms with E-state index in [1.54, 1.807) is 31.2 Å². The molecular weight excluding hydrogens is 328 g/mol. The Hall–Kier alpha value is -2.67. The summed E-state index contributed by atoms with van der Waals surface area (Å²) in [6, 6.07) is 10.6. The van der Waals surface area contributed by atoms with E-state index >= 15 is 0 Å². The molecule has 0 aliphatic rings. The summed E-state index contributed by atoms with van der Waals surface area (Å²) in [6.07, 6.45) is 0.501. The van der Waals surface area contributed by atoms with Crippen molar-refractivity contribution in [1.29, 1.82) is 0 Å². The maximum Gasteiger partial charge on any atom is 0.374 e. The van der Waals surface area contributed by atoms with Crippen LogP contribution in [0.1, 0.15) is 30.7 Å². The van der Waals surface area contributed by atoms with Crippen molar-refractivity contribution in [2.45, 2.75) is 20.3 Å². The minimum Gasteiger partial charge on any atom is -0.507 e. The van der Waals surface area contributed by atoms with E-state index < -0.39 is 5.97 Å². The number of hydrogen-bond donors (Lipinski definition) is 1. The molecule has 0 amide bonds. The second-order valence-corrected chi connectivity index (χ2v) is 5.75. The second-order valence-electron chi connectivity index (χ2n) is 4.80. The molecule has 6 nitrogen and oxygen atoms in total. The second kappa shape index (κ2) is 8.83. The average Bonchev–Trinajstić information content (AvgIpc) is 3.11. The minimum atomic E-state index is -0.667. The molecule has 0 radical (unpaired) electrons. The van der Waals surface area contributed by atoms with E-state index in [1.165, 1.54) is 11.3 Å². The Balaban J connectivity index is 1.90. The highest BCUT2D eigenvalue weighted by Crippen LogP contribution is 2.18. The van der Waals surface area contributed by atoms with E-state index in [2.05, 4.69) is 10.3 Å². The molecule has 2 aromatic rings. The van der Waals surface area contributed by atoms with Gasteiger partial charge >= 0.3 is 5.97 Å². The van der Waals surface area contributed by atoms with E-state index in [4.69, 9.17) is 9.68 Å². The van der Waals surface area contributed by atoms with Crippen LogP contribution in [-0.4, -0.2) is 29.1 Å². The highest BCUT2D eigenvalue weighted by molar-refractivity contribution is 7.12. The van der Waals surface area contributed by atoms with Gasteiger partial charge in [0.2, 0.25) is 6.61 Å². The van der Waals surface area contributed by atoms with Gasteiger partial charge in [0.15, 0.2) is 0 Å². The fourth-order valence-corrected chi connectivity index (χ4v) is 2.53. The number of nitrogens with zero attached hydrogens (tertiary/aromatic N) is 2. The maximum absolute atomic E-state index is 11.7. The zero-order valence-electron chi connectivity index (χ0n) is 13.4. The Morgan fingerprint density at radius 2 is 2.00 bits per heavy atom. The number of oxime groups is 2. The predicted octanol–water partition coefficient (Wildman–Crippen LogP) is 3.55. The van der Waals surface area contributed by atoms with E-state index in [1.807, 2.05) is 24.4 Å². The monoisotopic (exact) mass is 346 g/mol. The topological polar surface area (TPSA) is 80.5 Å². The largest absolute Gasteiger partial charge is 0.507 e. The Bertz CT molecular complexity index is 739. The molecule has 0 atom stereocenters. The highest BCUT2D eigenvalue weighted by atomic mass is 32.1. The van der Waals surface area contributed by atoms with Gasteiger partial charge < -0.3 is 14.8 Å². The van der Waals surface area contributed by atoms with Crippen molar-refractivity contribution in [1.82, 2.24) is 0 Å². The van der Waals surface area contributed by atoms with Crippen LogP contribution in [0.4, 0.5) is 0 Å². The summed E-state index contributed by atoms with van der Waals surface area (Å²) in [5.41, 5.74) is 1.68. The first kappa shape index (κ1) is 17.7. The van der Waals surface area contributed by atoms with Crippen LogP contribution < -0.4 is 0 Å². The van der Waals surface area contributed by atoms with Gasteiger partial charge in [-0.1, -0.05) is 35.4 Å². The molecule has 0 fully saturated rings. The molecule has 24 heavy (non-hydrogen) atoms. The third-order valence-electron chi connectivity index (χ3n) is 3.07. The summed E-state index contributed by atoms with van der Waals surface area (Å²) in [7, 11) is 0. The SMILES string of the molecule is CC/C(=N\OC(=O)CON=C(C)c1cccs1)c1ccccc1O.